The Morgan fingerprint density at radius 1 is 1.35 bits per heavy atom. The molecule has 1 aliphatic rings. The molecule has 0 radical (unpaired) electrons. The first-order valence-corrected chi connectivity index (χ1v) is 6.23. The first kappa shape index (κ1) is 14.2. The molecule has 1 heterocycles. The van der Waals surface area contributed by atoms with Gasteiger partial charge in [0.25, 0.3) is 0 Å². The van der Waals surface area contributed by atoms with Crippen molar-refractivity contribution in [3.8, 4) is 0 Å². The Labute approximate surface area is 116 Å². The number of quaternary nitrogens is 1. The van der Waals surface area contributed by atoms with Crippen LogP contribution in [-0.4, -0.2) is 47.1 Å². The van der Waals surface area contributed by atoms with Crippen LogP contribution >= 0.6 is 0 Å². The van der Waals surface area contributed by atoms with Crippen molar-refractivity contribution < 1.29 is 28.7 Å². The highest BCUT2D eigenvalue weighted by Gasteiger charge is 2.56. The molecule has 20 heavy (non-hydrogen) atoms. The number of carbonyl (C=O) groups is 3. The van der Waals surface area contributed by atoms with Gasteiger partial charge < -0.3 is 9.84 Å². The Balaban J connectivity index is 2.40. The predicted octanol–water partition coefficient (Wildman–Crippen LogP) is 1.20. The molecule has 0 spiro atoms. The van der Waals surface area contributed by atoms with E-state index in [1.807, 2.05) is 6.07 Å². The van der Waals surface area contributed by atoms with E-state index in [4.69, 9.17) is 0 Å². The lowest BCUT2D eigenvalue weighted by molar-refractivity contribution is -0.870. The lowest BCUT2D eigenvalue weighted by atomic mass is 10.1. The molecule has 1 amide bonds. The van der Waals surface area contributed by atoms with Gasteiger partial charge in [-0.3, -0.25) is 4.79 Å². The summed E-state index contributed by atoms with van der Waals surface area (Å²) in [7, 11) is 1.20. The van der Waals surface area contributed by atoms with Crippen molar-refractivity contribution >= 4 is 17.8 Å². The monoisotopic (exact) mass is 278 g/mol. The Morgan fingerprint density at radius 3 is 2.55 bits per heavy atom. The quantitative estimate of drug-likeness (QED) is 0.663. The number of nitrogens with zero attached hydrogens (tertiary/aromatic N) is 1. The number of methoxy groups -OCH3 is 1. The van der Waals surface area contributed by atoms with Gasteiger partial charge in [-0.25, -0.2) is 4.79 Å². The van der Waals surface area contributed by atoms with E-state index in [0.29, 0.717) is 0 Å². The SMILES string of the molecule is COC(=O)[C@@H]1CC(=O)C[N+]1(Cc1ccccc1)C(=O)O. The van der Waals surface area contributed by atoms with Gasteiger partial charge in [0.1, 0.15) is 13.1 Å². The number of hydrogen-bond acceptors (Lipinski definition) is 4. The van der Waals surface area contributed by atoms with Crippen LogP contribution in [0.2, 0.25) is 0 Å². The maximum absolute atomic E-state index is 11.8. The van der Waals surface area contributed by atoms with E-state index >= 15 is 0 Å². The molecule has 1 fully saturated rings. The van der Waals surface area contributed by atoms with E-state index in [9.17, 15) is 19.5 Å². The summed E-state index contributed by atoms with van der Waals surface area (Å²) in [4.78, 5) is 35.2. The van der Waals surface area contributed by atoms with Crippen LogP contribution in [0.5, 0.6) is 0 Å². The summed E-state index contributed by atoms with van der Waals surface area (Å²) in [5.41, 5.74) is 0.763. The highest BCUT2D eigenvalue weighted by atomic mass is 16.5. The fourth-order valence-electron chi connectivity index (χ4n) is 2.64. The van der Waals surface area contributed by atoms with Crippen molar-refractivity contribution in [2.45, 2.75) is 19.0 Å². The smallest absolute Gasteiger partial charge is 0.465 e. The molecule has 0 aromatic heterocycles. The van der Waals surface area contributed by atoms with Crippen molar-refractivity contribution in [1.82, 2.24) is 0 Å². The fourth-order valence-corrected chi connectivity index (χ4v) is 2.64. The highest BCUT2D eigenvalue weighted by molar-refractivity contribution is 5.91. The Bertz CT molecular complexity index is 542. The number of rotatable bonds is 3. The summed E-state index contributed by atoms with van der Waals surface area (Å²) in [6.45, 7) is -0.105. The van der Waals surface area contributed by atoms with Gasteiger partial charge in [0, 0.05) is 5.56 Å². The Hall–Kier alpha value is -2.21. The van der Waals surface area contributed by atoms with Crippen molar-refractivity contribution in [3.63, 3.8) is 0 Å². The molecule has 1 aromatic carbocycles. The lowest BCUT2D eigenvalue weighted by Gasteiger charge is -2.31. The predicted molar refractivity (Wildman–Crippen MR) is 68.7 cm³/mol. The van der Waals surface area contributed by atoms with Crippen LogP contribution in [-0.2, 0) is 20.9 Å². The van der Waals surface area contributed by atoms with Crippen LogP contribution in [0.25, 0.3) is 0 Å². The molecule has 2 atom stereocenters. The maximum Gasteiger partial charge on any atom is 0.514 e. The van der Waals surface area contributed by atoms with Gasteiger partial charge >= 0.3 is 12.1 Å². The van der Waals surface area contributed by atoms with Crippen molar-refractivity contribution in [3.05, 3.63) is 35.9 Å². The minimum absolute atomic E-state index is 0.0850. The third-order valence-electron chi connectivity index (χ3n) is 3.64. The van der Waals surface area contributed by atoms with Gasteiger partial charge in [-0.2, -0.15) is 9.28 Å². The van der Waals surface area contributed by atoms with Crippen molar-refractivity contribution in [2.75, 3.05) is 13.7 Å². The zero-order chi connectivity index (χ0) is 14.8. The fraction of sp³-hybridized carbons (Fsp3) is 0.357. The molecule has 0 aliphatic carbocycles. The molecule has 6 nitrogen and oxygen atoms in total. The molecular formula is C14H16NO5+. The summed E-state index contributed by atoms with van der Waals surface area (Å²) in [5, 5.41) is 9.57. The van der Waals surface area contributed by atoms with Crippen LogP contribution in [0.4, 0.5) is 4.79 Å². The summed E-state index contributed by atoms with van der Waals surface area (Å²) in [5.74, 6) is -0.895. The molecule has 106 valence electrons. The zero-order valence-electron chi connectivity index (χ0n) is 11.1. The van der Waals surface area contributed by atoms with Gasteiger partial charge in [-0.1, -0.05) is 30.3 Å². The van der Waals surface area contributed by atoms with E-state index < -0.39 is 22.6 Å². The summed E-state index contributed by atoms with van der Waals surface area (Å²) < 4.78 is 4.04. The number of Topliss-reactive ketones (excluding diaryl/α,β-unsaturated/α-hetero) is 1. The number of ketones is 1. The van der Waals surface area contributed by atoms with Crippen LogP contribution in [0.1, 0.15) is 12.0 Å². The van der Waals surface area contributed by atoms with Crippen molar-refractivity contribution in [1.29, 1.82) is 0 Å². The number of benzene rings is 1. The van der Waals surface area contributed by atoms with Crippen LogP contribution in [0.15, 0.2) is 30.3 Å². The van der Waals surface area contributed by atoms with Gasteiger partial charge in [0.15, 0.2) is 5.78 Å². The second-order valence-electron chi connectivity index (χ2n) is 4.90. The van der Waals surface area contributed by atoms with Crippen molar-refractivity contribution in [2.24, 2.45) is 0 Å². The number of esters is 1. The van der Waals surface area contributed by atoms with Gasteiger partial charge in [-0.15, -0.1) is 0 Å². The molecule has 0 saturated carbocycles. The highest BCUT2D eigenvalue weighted by Crippen LogP contribution is 2.29. The normalized spacial score (nSPS) is 25.4. The van der Waals surface area contributed by atoms with Gasteiger partial charge in [-0.05, 0) is 0 Å². The number of hydrogen-bond donors (Lipinski definition) is 1. The molecule has 1 aromatic rings. The first-order chi connectivity index (χ1) is 9.49. The molecule has 1 N–H and O–H groups in total. The average Bonchev–Trinajstić information content (AvgIpc) is 2.77. The van der Waals surface area contributed by atoms with E-state index in [0.717, 1.165) is 5.56 Å². The number of amides is 1. The van der Waals surface area contributed by atoms with Crippen LogP contribution in [0, 0.1) is 0 Å². The summed E-state index contributed by atoms with van der Waals surface area (Å²) >= 11 is 0. The number of carboxylic acid groups (broad SMARTS) is 1. The summed E-state index contributed by atoms with van der Waals surface area (Å²) in [6, 6.07) is 7.98. The molecule has 2 rings (SSSR count). The van der Waals surface area contributed by atoms with Crippen LogP contribution < -0.4 is 0 Å². The standard InChI is InChI=1S/C14H15NO5/c1-20-13(17)12-7-11(16)9-15(12,14(18)19)8-10-5-3-2-4-6-10/h2-6,12H,7-9H2,1H3/p+1/t12-,15?/m0/s1. The average molecular weight is 278 g/mol. The molecule has 1 saturated heterocycles. The largest absolute Gasteiger partial charge is 0.514 e. The second kappa shape index (κ2) is 5.42. The maximum atomic E-state index is 11.8. The van der Waals surface area contributed by atoms with E-state index in [2.05, 4.69) is 4.74 Å². The van der Waals surface area contributed by atoms with E-state index in [1.165, 1.54) is 7.11 Å². The molecule has 1 aliphatic heterocycles. The molecule has 0 bridgehead atoms. The molecule has 6 heteroatoms. The first-order valence-electron chi connectivity index (χ1n) is 6.23. The molecule has 1 unspecified atom stereocenters. The second-order valence-corrected chi connectivity index (χ2v) is 4.90. The van der Waals surface area contributed by atoms with Gasteiger partial charge in [0.2, 0.25) is 6.04 Å². The van der Waals surface area contributed by atoms with Crippen LogP contribution in [0.3, 0.4) is 0 Å². The third kappa shape index (κ3) is 2.42. The third-order valence-corrected chi connectivity index (χ3v) is 3.64. The zero-order valence-corrected chi connectivity index (χ0v) is 11.1. The number of likely N-dealkylation sites (tertiary alicyclic amines) is 1. The van der Waals surface area contributed by atoms with E-state index in [1.54, 1.807) is 24.3 Å². The Kier molecular flexibility index (Phi) is 3.85. The van der Waals surface area contributed by atoms with E-state index in [-0.39, 0.29) is 25.3 Å². The number of ether oxygens (including phenoxy) is 1. The topological polar surface area (TPSA) is 80.7 Å². The van der Waals surface area contributed by atoms with Gasteiger partial charge in [0.05, 0.1) is 13.5 Å². The lowest BCUT2D eigenvalue weighted by Crippen LogP contribution is -2.58. The minimum Gasteiger partial charge on any atom is -0.465 e. The Morgan fingerprint density at radius 2 is 2.00 bits per heavy atom. The number of carbonyl (C=O) groups excluding carboxylic acids is 2. The molecular weight excluding hydrogens is 262 g/mol. The summed E-state index contributed by atoms with van der Waals surface area (Å²) in [6.07, 6.45) is -1.28. The minimum atomic E-state index is -1.19.